The fraction of sp³-hybridized carbons (Fsp3) is 0.500. The van der Waals surface area contributed by atoms with E-state index in [1.165, 1.54) is 0 Å². The number of hydrogen-bond donors (Lipinski definition) is 0. The van der Waals surface area contributed by atoms with Crippen LogP contribution in [0.3, 0.4) is 0 Å². The van der Waals surface area contributed by atoms with Gasteiger partial charge in [0.25, 0.3) is 0 Å². The lowest BCUT2D eigenvalue weighted by Crippen LogP contribution is -2.17. The molecule has 0 fully saturated rings. The Hall–Kier alpha value is 0.0900. The van der Waals surface area contributed by atoms with Gasteiger partial charge in [-0.2, -0.15) is 6.42 Å². The van der Waals surface area contributed by atoms with Crippen molar-refractivity contribution in [3.63, 3.8) is 0 Å². The molecule has 0 bridgehead atoms. The molecule has 0 unspecified atom stereocenters. The van der Waals surface area contributed by atoms with Gasteiger partial charge in [-0.05, 0) is 0 Å². The first-order chi connectivity index (χ1) is 3.12. The highest BCUT2D eigenvalue weighted by atomic mass is 32.1. The van der Waals surface area contributed by atoms with Gasteiger partial charge < -0.3 is 19.6 Å². The van der Waals surface area contributed by atoms with E-state index >= 15 is 0 Å². The molecule has 0 nitrogen and oxygen atoms in total. The highest BCUT2D eigenvalue weighted by Gasteiger charge is 2.08. The third-order valence-electron chi connectivity index (χ3n) is 0.911. The molecule has 0 N–H and O–H groups in total. The molecule has 0 radical (unpaired) electrons. The number of hydrogen-bond acceptors (Lipinski definition) is 1. The smallest absolute Gasteiger partial charge is 0.105 e. The van der Waals surface area contributed by atoms with Crippen molar-refractivity contribution in [2.24, 2.45) is 0 Å². The summed E-state index contributed by atoms with van der Waals surface area (Å²) in [6.45, 7) is 10.9. The highest BCUT2D eigenvalue weighted by molar-refractivity contribution is 7.60. The van der Waals surface area contributed by atoms with Gasteiger partial charge in [-0.1, -0.05) is 0 Å². The summed E-state index contributed by atoms with van der Waals surface area (Å²) >= 11 is 4.91. The number of rotatable bonds is 2. The van der Waals surface area contributed by atoms with E-state index in [4.69, 9.17) is 12.6 Å². The van der Waals surface area contributed by atoms with Gasteiger partial charge in [-0.25, -0.2) is 0 Å². The average molecular weight is 114 g/mol. The van der Waals surface area contributed by atoms with Gasteiger partial charge in [0.1, 0.15) is 6.42 Å². The summed E-state index contributed by atoms with van der Waals surface area (Å²) in [5, 5.41) is 0. The van der Waals surface area contributed by atoms with E-state index in [0.717, 1.165) is 0 Å². The van der Waals surface area contributed by atoms with E-state index in [9.17, 15) is 0 Å². The quantitative estimate of drug-likeness (QED) is 0.388. The van der Waals surface area contributed by atoms with Gasteiger partial charge in [0.15, 0.2) is 0 Å². The van der Waals surface area contributed by atoms with E-state index in [1.807, 2.05) is 0 Å². The normalized spacial score (nSPS) is 18.6. The van der Waals surface area contributed by atoms with Crippen LogP contribution in [-0.2, 0) is 12.6 Å². The Morgan fingerprint density at radius 2 is 2.14 bits per heavy atom. The van der Waals surface area contributed by atoms with Gasteiger partial charge in [0, 0.05) is 11.7 Å². The SMILES string of the molecule is [CH2+]CC([CH2+])([S-])C[CH2-]. The Morgan fingerprint density at radius 1 is 1.71 bits per heavy atom. The third-order valence-corrected chi connectivity index (χ3v) is 1.32. The minimum atomic E-state index is -0.306. The molecule has 0 rings (SSSR count). The lowest BCUT2D eigenvalue weighted by atomic mass is 10.1. The highest BCUT2D eigenvalue weighted by Crippen LogP contribution is 2.12. The van der Waals surface area contributed by atoms with Crippen molar-refractivity contribution < 1.29 is 0 Å². The Morgan fingerprint density at radius 3 is 2.14 bits per heavy atom. The molecular formula is C6H10S. The molecule has 0 aliphatic heterocycles. The second-order valence-corrected chi connectivity index (χ2v) is 2.55. The fourth-order valence-electron chi connectivity index (χ4n) is 0.125. The first-order valence-corrected chi connectivity index (χ1v) is 2.67. The van der Waals surface area contributed by atoms with E-state index < -0.39 is 0 Å². The van der Waals surface area contributed by atoms with Crippen LogP contribution in [0.1, 0.15) is 12.8 Å². The predicted octanol–water partition coefficient (Wildman–Crippen LogP) is 1.55. The van der Waals surface area contributed by atoms with Gasteiger partial charge in [-0.15, -0.1) is 0 Å². The molecule has 0 atom stereocenters. The van der Waals surface area contributed by atoms with Gasteiger partial charge in [0.2, 0.25) is 0 Å². The van der Waals surface area contributed by atoms with Crippen molar-refractivity contribution in [2.45, 2.75) is 17.6 Å². The van der Waals surface area contributed by atoms with Crippen molar-refractivity contribution in [3.05, 3.63) is 20.8 Å². The molecule has 0 spiro atoms. The van der Waals surface area contributed by atoms with Crippen molar-refractivity contribution >= 4 is 12.6 Å². The predicted molar refractivity (Wildman–Crippen MR) is 35.4 cm³/mol. The molecule has 40 valence electrons. The maximum Gasteiger partial charge on any atom is 0.105 e. The van der Waals surface area contributed by atoms with Crippen LogP contribution in [0.2, 0.25) is 0 Å². The Labute approximate surface area is 51.7 Å². The van der Waals surface area contributed by atoms with Gasteiger partial charge >= 0.3 is 0 Å². The van der Waals surface area contributed by atoms with Crippen LogP contribution in [0.25, 0.3) is 0 Å². The molecule has 0 amide bonds. The molecule has 0 aliphatic carbocycles. The first-order valence-electron chi connectivity index (χ1n) is 2.26. The molecular weight excluding hydrogens is 104 g/mol. The van der Waals surface area contributed by atoms with Crippen molar-refractivity contribution in [1.82, 2.24) is 0 Å². The van der Waals surface area contributed by atoms with Crippen molar-refractivity contribution in [1.29, 1.82) is 0 Å². The molecule has 7 heavy (non-hydrogen) atoms. The summed E-state index contributed by atoms with van der Waals surface area (Å²) in [7, 11) is 0. The van der Waals surface area contributed by atoms with Crippen LogP contribution >= 0.6 is 0 Å². The lowest BCUT2D eigenvalue weighted by molar-refractivity contribution is 0.730. The summed E-state index contributed by atoms with van der Waals surface area (Å²) < 4.78 is -0.306. The average Bonchev–Trinajstić information content (AvgIpc) is 1.68. The van der Waals surface area contributed by atoms with Crippen molar-refractivity contribution in [3.8, 4) is 0 Å². The Balaban J connectivity index is 3.36. The van der Waals surface area contributed by atoms with Gasteiger partial charge in [-0.3, -0.25) is 0 Å². The van der Waals surface area contributed by atoms with Crippen molar-refractivity contribution in [2.75, 3.05) is 0 Å². The Bertz CT molecular complexity index is 42.1. The molecule has 1 heteroatoms. The van der Waals surface area contributed by atoms with Crippen LogP contribution < -0.4 is 0 Å². The largest absolute Gasteiger partial charge is 0.735 e. The maximum absolute atomic E-state index is 4.91. The minimum absolute atomic E-state index is 0.306. The third kappa shape index (κ3) is 2.75. The second kappa shape index (κ2) is 2.41. The maximum atomic E-state index is 4.91. The Kier molecular flexibility index (Phi) is 2.44. The van der Waals surface area contributed by atoms with Crippen LogP contribution in [0.4, 0.5) is 0 Å². The zero-order valence-corrected chi connectivity index (χ0v) is 5.26. The fourth-order valence-corrected chi connectivity index (χ4v) is 0.125. The minimum Gasteiger partial charge on any atom is -0.735 e. The van der Waals surface area contributed by atoms with Gasteiger partial charge in [0.05, 0.1) is 6.92 Å². The summed E-state index contributed by atoms with van der Waals surface area (Å²) in [4.78, 5) is 0. The monoisotopic (exact) mass is 114 g/mol. The molecule has 0 heterocycles. The molecule has 0 aromatic carbocycles. The van der Waals surface area contributed by atoms with Crippen LogP contribution in [0.15, 0.2) is 0 Å². The molecule has 0 saturated carbocycles. The summed E-state index contributed by atoms with van der Waals surface area (Å²) in [5.74, 6) is 0. The van der Waals surface area contributed by atoms with Crippen LogP contribution in [0.5, 0.6) is 0 Å². The lowest BCUT2D eigenvalue weighted by Gasteiger charge is -2.25. The first kappa shape index (κ1) is 7.09. The van der Waals surface area contributed by atoms with E-state index in [2.05, 4.69) is 20.8 Å². The topological polar surface area (TPSA) is 0 Å². The standard InChI is InChI=1S/C6H10S/c1-4-6(3,7)5-2/h1-5H2. The summed E-state index contributed by atoms with van der Waals surface area (Å²) in [6.07, 6.45) is 1.37. The molecule has 0 aromatic rings. The molecule has 0 aliphatic rings. The van der Waals surface area contributed by atoms with Crippen LogP contribution in [0, 0.1) is 20.8 Å². The van der Waals surface area contributed by atoms with E-state index in [1.54, 1.807) is 0 Å². The summed E-state index contributed by atoms with van der Waals surface area (Å²) in [6, 6.07) is 0. The summed E-state index contributed by atoms with van der Waals surface area (Å²) in [5.41, 5.74) is 0. The molecule has 0 aromatic heterocycles. The van der Waals surface area contributed by atoms with Crippen LogP contribution in [-0.4, -0.2) is 4.75 Å². The zero-order chi connectivity index (χ0) is 5.91. The zero-order valence-electron chi connectivity index (χ0n) is 4.44. The van der Waals surface area contributed by atoms with E-state index in [-0.39, 0.29) is 4.75 Å². The molecule has 0 saturated heterocycles. The van der Waals surface area contributed by atoms with E-state index in [0.29, 0.717) is 12.8 Å². The second-order valence-electron chi connectivity index (χ2n) is 1.68.